The van der Waals surface area contributed by atoms with Gasteiger partial charge in [-0.2, -0.15) is 0 Å². The monoisotopic (exact) mass is 347 g/mol. The molecule has 1 atom stereocenters. The Hall–Kier alpha value is -1.82. The van der Waals surface area contributed by atoms with E-state index in [2.05, 4.69) is 40.3 Å². The van der Waals surface area contributed by atoms with Crippen LogP contribution in [0.15, 0.2) is 40.9 Å². The van der Waals surface area contributed by atoms with E-state index < -0.39 is 0 Å². The average Bonchev–Trinajstić information content (AvgIpc) is 3.15. The van der Waals surface area contributed by atoms with E-state index in [-0.39, 0.29) is 0 Å². The SMILES string of the molecule is C=C(C)NC(=C)/C(C)=C(\N=C/N)N(C)[C@@H]1CN(C(C)=S)CC12CC2. The van der Waals surface area contributed by atoms with Gasteiger partial charge in [-0.05, 0) is 33.6 Å². The molecule has 1 aliphatic carbocycles. The molecule has 132 valence electrons. The molecule has 1 heterocycles. The van der Waals surface area contributed by atoms with Crippen molar-refractivity contribution in [1.29, 1.82) is 0 Å². The minimum Gasteiger partial charge on any atom is -0.390 e. The Morgan fingerprint density at radius 1 is 1.38 bits per heavy atom. The number of allylic oxidation sites excluding steroid dienone is 2. The molecule has 6 heteroatoms. The molecule has 3 N–H and O–H groups in total. The normalized spacial score (nSPS) is 22.5. The second kappa shape index (κ2) is 6.97. The van der Waals surface area contributed by atoms with Crippen LogP contribution in [0, 0.1) is 5.41 Å². The van der Waals surface area contributed by atoms with Crippen LogP contribution in [0.2, 0.25) is 0 Å². The van der Waals surface area contributed by atoms with Crippen LogP contribution in [-0.2, 0) is 0 Å². The standard InChI is InChI=1S/C18H29N5S/c1-12(2)21-14(4)13(3)17(20-11-19)22(6)16-9-23(15(5)24)10-18(16)7-8-18/h11,16,21H,1,4,7-10H2,2-3,5-6H3,(H2,19,20)/b17-13+/t16-/m1/s1. The second-order valence-corrected chi connectivity index (χ2v) is 7.59. The Balaban J connectivity index is 2.29. The highest BCUT2D eigenvalue weighted by atomic mass is 32.1. The molecule has 0 bridgehead atoms. The smallest absolute Gasteiger partial charge is 0.135 e. The number of rotatable bonds is 6. The van der Waals surface area contributed by atoms with Crippen LogP contribution < -0.4 is 11.1 Å². The van der Waals surface area contributed by atoms with Crippen LogP contribution in [0.1, 0.15) is 33.6 Å². The first-order valence-corrected chi connectivity index (χ1v) is 8.68. The Bertz CT molecular complexity index is 615. The molecular formula is C18H29N5S. The minimum atomic E-state index is 0.327. The molecule has 0 radical (unpaired) electrons. The lowest BCUT2D eigenvalue weighted by Crippen LogP contribution is -2.39. The van der Waals surface area contributed by atoms with Gasteiger partial charge >= 0.3 is 0 Å². The first-order valence-electron chi connectivity index (χ1n) is 8.27. The summed E-state index contributed by atoms with van der Waals surface area (Å²) in [7, 11) is 2.09. The van der Waals surface area contributed by atoms with Crippen molar-refractivity contribution in [2.24, 2.45) is 16.1 Å². The van der Waals surface area contributed by atoms with Crippen molar-refractivity contribution in [3.8, 4) is 0 Å². The maximum absolute atomic E-state index is 5.61. The lowest BCUT2D eigenvalue weighted by Gasteiger charge is -2.32. The van der Waals surface area contributed by atoms with Gasteiger partial charge in [-0.1, -0.05) is 25.4 Å². The molecule has 5 nitrogen and oxygen atoms in total. The zero-order valence-electron chi connectivity index (χ0n) is 15.2. The topological polar surface area (TPSA) is 56.9 Å². The van der Waals surface area contributed by atoms with Crippen molar-refractivity contribution in [3.05, 3.63) is 35.9 Å². The molecule has 1 spiro atoms. The van der Waals surface area contributed by atoms with E-state index in [1.54, 1.807) is 0 Å². The number of nitrogens with one attached hydrogen (secondary N) is 1. The zero-order chi connectivity index (χ0) is 18.1. The van der Waals surface area contributed by atoms with Crippen molar-refractivity contribution in [3.63, 3.8) is 0 Å². The number of aliphatic imine (C=N–C) groups is 1. The molecule has 2 rings (SSSR count). The van der Waals surface area contributed by atoms with E-state index >= 15 is 0 Å². The fourth-order valence-electron chi connectivity index (χ4n) is 3.53. The van der Waals surface area contributed by atoms with Gasteiger partial charge in [0.2, 0.25) is 0 Å². The van der Waals surface area contributed by atoms with Gasteiger partial charge in [0.05, 0.1) is 17.4 Å². The summed E-state index contributed by atoms with van der Waals surface area (Å²) in [6.07, 6.45) is 3.83. The van der Waals surface area contributed by atoms with Crippen LogP contribution in [-0.4, -0.2) is 47.3 Å². The van der Waals surface area contributed by atoms with Crippen molar-refractivity contribution >= 4 is 23.5 Å². The van der Waals surface area contributed by atoms with Crippen molar-refractivity contribution < 1.29 is 0 Å². The molecule has 0 unspecified atom stereocenters. The molecule has 0 aromatic heterocycles. The van der Waals surface area contributed by atoms with Gasteiger partial charge in [0.1, 0.15) is 5.82 Å². The highest BCUT2D eigenvalue weighted by molar-refractivity contribution is 7.80. The molecule has 1 aliphatic heterocycles. The minimum absolute atomic E-state index is 0.327. The summed E-state index contributed by atoms with van der Waals surface area (Å²) >= 11 is 5.39. The fourth-order valence-corrected chi connectivity index (χ4v) is 3.67. The number of likely N-dealkylation sites (N-methyl/N-ethyl adjacent to an activating group) is 1. The molecule has 24 heavy (non-hydrogen) atoms. The molecule has 2 aliphatic rings. The Labute approximate surface area is 151 Å². The second-order valence-electron chi connectivity index (χ2n) is 7.00. The van der Waals surface area contributed by atoms with Crippen LogP contribution in [0.3, 0.4) is 0 Å². The van der Waals surface area contributed by atoms with E-state index in [9.17, 15) is 0 Å². The van der Waals surface area contributed by atoms with Crippen LogP contribution in [0.5, 0.6) is 0 Å². The average molecular weight is 348 g/mol. The Morgan fingerprint density at radius 2 is 2.00 bits per heavy atom. The maximum Gasteiger partial charge on any atom is 0.135 e. The van der Waals surface area contributed by atoms with E-state index in [0.29, 0.717) is 11.5 Å². The number of nitrogens with zero attached hydrogens (tertiary/aromatic N) is 3. The number of thiocarbonyl (C=S) groups is 1. The Morgan fingerprint density at radius 3 is 2.46 bits per heavy atom. The van der Waals surface area contributed by atoms with E-state index in [1.807, 2.05) is 20.8 Å². The van der Waals surface area contributed by atoms with Crippen molar-refractivity contribution in [1.82, 2.24) is 15.1 Å². The number of hydrogen-bond donors (Lipinski definition) is 2. The summed E-state index contributed by atoms with van der Waals surface area (Å²) in [6.45, 7) is 15.9. The van der Waals surface area contributed by atoms with Gasteiger partial charge in [0, 0.05) is 42.5 Å². The highest BCUT2D eigenvalue weighted by Crippen LogP contribution is 2.55. The lowest BCUT2D eigenvalue weighted by molar-refractivity contribution is 0.244. The summed E-state index contributed by atoms with van der Waals surface area (Å²) in [4.78, 5) is 9.96. The van der Waals surface area contributed by atoms with E-state index in [0.717, 1.165) is 40.9 Å². The quantitative estimate of drug-likeness (QED) is 0.335. The van der Waals surface area contributed by atoms with Crippen molar-refractivity contribution in [2.45, 2.75) is 39.7 Å². The third-order valence-electron chi connectivity index (χ3n) is 5.09. The molecule has 0 aromatic rings. The van der Waals surface area contributed by atoms with Crippen LogP contribution >= 0.6 is 12.2 Å². The Kier molecular flexibility index (Phi) is 5.38. The molecule has 2 fully saturated rings. The summed E-state index contributed by atoms with van der Waals surface area (Å²) < 4.78 is 0. The molecule has 0 aromatic carbocycles. The zero-order valence-corrected chi connectivity index (χ0v) is 16.0. The van der Waals surface area contributed by atoms with Gasteiger partial charge in [-0.15, -0.1) is 0 Å². The highest BCUT2D eigenvalue weighted by Gasteiger charge is 2.57. The predicted molar refractivity (Wildman–Crippen MR) is 106 cm³/mol. The van der Waals surface area contributed by atoms with E-state index in [4.69, 9.17) is 18.0 Å². The van der Waals surface area contributed by atoms with Crippen molar-refractivity contribution in [2.75, 3.05) is 20.1 Å². The number of hydrogen-bond acceptors (Lipinski definition) is 4. The van der Waals surface area contributed by atoms with Gasteiger partial charge in [0.15, 0.2) is 0 Å². The molecule has 1 saturated carbocycles. The first kappa shape index (κ1) is 18.5. The largest absolute Gasteiger partial charge is 0.390 e. The summed E-state index contributed by atoms with van der Waals surface area (Å²) in [5.41, 5.74) is 8.55. The maximum atomic E-state index is 5.61. The van der Waals surface area contributed by atoms with Crippen LogP contribution in [0.25, 0.3) is 0 Å². The van der Waals surface area contributed by atoms with Gasteiger partial charge in [-0.25, -0.2) is 4.99 Å². The third-order valence-corrected chi connectivity index (χ3v) is 5.35. The third kappa shape index (κ3) is 3.64. The predicted octanol–water partition coefficient (Wildman–Crippen LogP) is 2.59. The molecular weight excluding hydrogens is 318 g/mol. The van der Waals surface area contributed by atoms with Gasteiger partial charge in [0.25, 0.3) is 0 Å². The first-order chi connectivity index (χ1) is 11.2. The fraction of sp³-hybridized carbons (Fsp3) is 0.556. The van der Waals surface area contributed by atoms with Gasteiger partial charge < -0.3 is 20.9 Å². The molecule has 0 amide bonds. The summed E-state index contributed by atoms with van der Waals surface area (Å²) in [5, 5.41) is 3.17. The lowest BCUT2D eigenvalue weighted by atomic mass is 9.99. The number of likely N-dealkylation sites (tertiary alicyclic amines) is 1. The summed E-state index contributed by atoms with van der Waals surface area (Å²) in [5.74, 6) is 0.844. The van der Waals surface area contributed by atoms with E-state index in [1.165, 1.54) is 19.2 Å². The van der Waals surface area contributed by atoms with Gasteiger partial charge in [-0.3, -0.25) is 0 Å². The van der Waals surface area contributed by atoms with Crippen LogP contribution in [0.4, 0.5) is 0 Å². The number of nitrogens with two attached hydrogens (primary N) is 1. The summed E-state index contributed by atoms with van der Waals surface area (Å²) in [6, 6.07) is 0.377. The molecule has 1 saturated heterocycles.